The van der Waals surface area contributed by atoms with Gasteiger partial charge in [-0.25, -0.2) is 9.18 Å². The highest BCUT2D eigenvalue weighted by atomic mass is 32.1. The fourth-order valence-electron chi connectivity index (χ4n) is 1.37. The number of nitrogens with zero attached hydrogens (tertiary/aromatic N) is 2. The van der Waals surface area contributed by atoms with E-state index in [1.54, 1.807) is 6.07 Å². The average Bonchev–Trinajstić information content (AvgIpc) is 2.83. The molecule has 0 saturated heterocycles. The van der Waals surface area contributed by atoms with Gasteiger partial charge in [0.25, 0.3) is 0 Å². The van der Waals surface area contributed by atoms with Crippen molar-refractivity contribution in [3.8, 4) is 10.6 Å². The van der Waals surface area contributed by atoms with Gasteiger partial charge in [0.1, 0.15) is 17.9 Å². The molecule has 16 heavy (non-hydrogen) atoms. The van der Waals surface area contributed by atoms with Crippen LogP contribution in [0, 0.1) is 0 Å². The van der Waals surface area contributed by atoms with Crippen LogP contribution in [0.2, 0.25) is 0 Å². The van der Waals surface area contributed by atoms with Gasteiger partial charge in [0.2, 0.25) is 0 Å². The molecule has 0 unspecified atom stereocenters. The van der Waals surface area contributed by atoms with Gasteiger partial charge in [-0.1, -0.05) is 6.07 Å². The van der Waals surface area contributed by atoms with Gasteiger partial charge in [0, 0.05) is 6.20 Å². The first-order valence-electron chi connectivity index (χ1n) is 4.63. The first kappa shape index (κ1) is 10.8. The molecule has 0 fully saturated rings. The molecule has 0 radical (unpaired) electrons. The van der Waals surface area contributed by atoms with Crippen molar-refractivity contribution in [3.05, 3.63) is 29.3 Å². The Hall–Kier alpha value is -1.69. The molecule has 2 aromatic heterocycles. The summed E-state index contributed by atoms with van der Waals surface area (Å²) in [6, 6.07) is 3.61. The summed E-state index contributed by atoms with van der Waals surface area (Å²) in [5.41, 5.74) is 0.506. The molecular weight excluding hydrogens is 231 g/mol. The summed E-state index contributed by atoms with van der Waals surface area (Å²) in [5, 5.41) is 14.9. The van der Waals surface area contributed by atoms with Gasteiger partial charge in [-0.3, -0.25) is 4.68 Å². The molecule has 84 valence electrons. The number of hydrogen-bond donors (Lipinski definition) is 1. The van der Waals surface area contributed by atoms with Crippen molar-refractivity contribution in [2.75, 3.05) is 6.67 Å². The Morgan fingerprint density at radius 1 is 1.62 bits per heavy atom. The zero-order chi connectivity index (χ0) is 11.5. The molecular formula is C10H9FN2O2S. The number of thiophene rings is 1. The van der Waals surface area contributed by atoms with Gasteiger partial charge in [-0.2, -0.15) is 5.10 Å². The van der Waals surface area contributed by atoms with Gasteiger partial charge in [0.15, 0.2) is 0 Å². The molecule has 0 aliphatic rings. The zero-order valence-corrected chi connectivity index (χ0v) is 9.08. The summed E-state index contributed by atoms with van der Waals surface area (Å²) < 4.78 is 13.5. The Balaban J connectivity index is 2.46. The van der Waals surface area contributed by atoms with Gasteiger partial charge < -0.3 is 5.11 Å². The maximum Gasteiger partial charge on any atom is 0.339 e. The van der Waals surface area contributed by atoms with E-state index in [1.165, 1.54) is 22.2 Å². The van der Waals surface area contributed by atoms with E-state index in [2.05, 4.69) is 5.10 Å². The van der Waals surface area contributed by atoms with Crippen LogP contribution < -0.4 is 0 Å². The van der Waals surface area contributed by atoms with Crippen LogP contribution in [0.3, 0.4) is 0 Å². The van der Waals surface area contributed by atoms with E-state index in [-0.39, 0.29) is 12.1 Å². The molecule has 0 atom stereocenters. The minimum atomic E-state index is -1.05. The van der Waals surface area contributed by atoms with E-state index < -0.39 is 12.6 Å². The van der Waals surface area contributed by atoms with Crippen molar-refractivity contribution in [1.82, 2.24) is 9.78 Å². The number of carboxylic acid groups (broad SMARTS) is 1. The van der Waals surface area contributed by atoms with Crippen LogP contribution in [0.1, 0.15) is 10.4 Å². The van der Waals surface area contributed by atoms with E-state index >= 15 is 0 Å². The number of aryl methyl sites for hydroxylation is 1. The predicted octanol–water partition coefficient (Wildman–Crippen LogP) is 2.28. The molecule has 1 N–H and O–H groups in total. The van der Waals surface area contributed by atoms with Gasteiger partial charge >= 0.3 is 5.97 Å². The summed E-state index contributed by atoms with van der Waals surface area (Å²) in [4.78, 5) is 11.8. The van der Waals surface area contributed by atoms with Crippen LogP contribution in [-0.2, 0) is 6.54 Å². The number of aromatic nitrogens is 2. The van der Waals surface area contributed by atoms with Gasteiger partial charge in [-0.15, -0.1) is 11.3 Å². The normalized spacial score (nSPS) is 10.6. The number of hydrogen-bond acceptors (Lipinski definition) is 3. The van der Waals surface area contributed by atoms with Crippen molar-refractivity contribution in [2.45, 2.75) is 6.54 Å². The summed E-state index contributed by atoms with van der Waals surface area (Å²) in [6.45, 7) is -0.490. The molecule has 2 rings (SSSR count). The summed E-state index contributed by atoms with van der Waals surface area (Å²) in [5.74, 6) is -1.05. The molecule has 0 bridgehead atoms. The quantitative estimate of drug-likeness (QED) is 0.892. The molecule has 6 heteroatoms. The lowest BCUT2D eigenvalue weighted by Crippen LogP contribution is -1.99. The van der Waals surface area contributed by atoms with Crippen molar-refractivity contribution in [1.29, 1.82) is 0 Å². The van der Waals surface area contributed by atoms with Crippen LogP contribution in [0.5, 0.6) is 0 Å². The summed E-state index contributed by atoms with van der Waals surface area (Å²) in [7, 11) is 0. The van der Waals surface area contributed by atoms with Crippen molar-refractivity contribution in [3.63, 3.8) is 0 Å². The van der Waals surface area contributed by atoms with Crippen molar-refractivity contribution < 1.29 is 14.3 Å². The third-order valence-corrected chi connectivity index (χ3v) is 2.94. The smallest absolute Gasteiger partial charge is 0.339 e. The maximum atomic E-state index is 12.2. The SMILES string of the molecule is O=C(O)c1cn(CCF)nc1-c1cccs1. The maximum absolute atomic E-state index is 12.2. The standard InChI is InChI=1S/C10H9FN2O2S/c11-3-4-13-6-7(10(14)15)9(12-13)8-2-1-5-16-8/h1-2,5-6H,3-4H2,(H,14,15). The highest BCUT2D eigenvalue weighted by Crippen LogP contribution is 2.26. The third-order valence-electron chi connectivity index (χ3n) is 2.06. The topological polar surface area (TPSA) is 55.1 Å². The molecule has 2 heterocycles. The number of rotatable bonds is 4. The van der Waals surface area contributed by atoms with E-state index in [0.717, 1.165) is 4.88 Å². The third kappa shape index (κ3) is 1.96. The monoisotopic (exact) mass is 240 g/mol. The lowest BCUT2D eigenvalue weighted by Gasteiger charge is -1.93. The molecule has 0 spiro atoms. The Morgan fingerprint density at radius 2 is 2.44 bits per heavy atom. The highest BCUT2D eigenvalue weighted by Gasteiger charge is 2.17. The van der Waals surface area contributed by atoms with Crippen LogP contribution in [0.15, 0.2) is 23.7 Å². The van der Waals surface area contributed by atoms with E-state index in [4.69, 9.17) is 5.11 Å². The molecule has 0 saturated carbocycles. The Kier molecular flexibility index (Phi) is 3.00. The molecule has 0 amide bonds. The second-order valence-electron chi connectivity index (χ2n) is 3.13. The van der Waals surface area contributed by atoms with Crippen molar-refractivity contribution >= 4 is 17.3 Å². The summed E-state index contributed by atoms with van der Waals surface area (Å²) in [6.07, 6.45) is 1.36. The second-order valence-corrected chi connectivity index (χ2v) is 4.07. The van der Waals surface area contributed by atoms with E-state index in [0.29, 0.717) is 5.69 Å². The minimum Gasteiger partial charge on any atom is -0.478 e. The average molecular weight is 240 g/mol. The Bertz CT molecular complexity index is 493. The van der Waals surface area contributed by atoms with Crippen LogP contribution in [0.25, 0.3) is 10.6 Å². The molecule has 0 aromatic carbocycles. The van der Waals surface area contributed by atoms with Crippen molar-refractivity contribution in [2.24, 2.45) is 0 Å². The van der Waals surface area contributed by atoms with Crippen LogP contribution in [0.4, 0.5) is 4.39 Å². The molecule has 0 aliphatic carbocycles. The first-order chi connectivity index (χ1) is 7.72. The van der Waals surface area contributed by atoms with Gasteiger partial charge in [-0.05, 0) is 11.4 Å². The number of aromatic carboxylic acids is 1. The van der Waals surface area contributed by atoms with Crippen LogP contribution >= 0.6 is 11.3 Å². The predicted molar refractivity (Wildman–Crippen MR) is 58.5 cm³/mol. The largest absolute Gasteiger partial charge is 0.478 e. The number of carbonyl (C=O) groups is 1. The Labute approximate surface area is 95.0 Å². The van der Waals surface area contributed by atoms with Gasteiger partial charge in [0.05, 0.1) is 11.4 Å². The van der Waals surface area contributed by atoms with Crippen LogP contribution in [-0.4, -0.2) is 27.5 Å². The molecule has 0 aliphatic heterocycles. The first-order valence-corrected chi connectivity index (χ1v) is 5.51. The number of carboxylic acids is 1. The highest BCUT2D eigenvalue weighted by molar-refractivity contribution is 7.13. The Morgan fingerprint density at radius 3 is 3.00 bits per heavy atom. The lowest BCUT2D eigenvalue weighted by atomic mass is 10.2. The minimum absolute atomic E-state index is 0.0751. The van der Waals surface area contributed by atoms with E-state index in [1.807, 2.05) is 11.4 Å². The molecule has 4 nitrogen and oxygen atoms in total. The lowest BCUT2D eigenvalue weighted by molar-refractivity contribution is 0.0697. The molecule has 2 aromatic rings. The number of alkyl halides is 1. The fraction of sp³-hybridized carbons (Fsp3) is 0.200. The zero-order valence-electron chi connectivity index (χ0n) is 8.26. The summed E-state index contributed by atoms with van der Waals surface area (Å²) >= 11 is 1.41. The number of halogens is 1. The van der Waals surface area contributed by atoms with E-state index in [9.17, 15) is 9.18 Å². The fourth-order valence-corrected chi connectivity index (χ4v) is 2.10. The second kappa shape index (κ2) is 4.44.